The zero-order valence-corrected chi connectivity index (χ0v) is 14.0. The van der Waals surface area contributed by atoms with Crippen molar-refractivity contribution in [3.8, 4) is 5.75 Å². The van der Waals surface area contributed by atoms with E-state index >= 15 is 0 Å². The van der Waals surface area contributed by atoms with E-state index in [4.69, 9.17) is 4.74 Å². The van der Waals surface area contributed by atoms with Gasteiger partial charge in [0.15, 0.2) is 0 Å². The van der Waals surface area contributed by atoms with Crippen LogP contribution in [0.15, 0.2) is 47.9 Å². The lowest BCUT2D eigenvalue weighted by Gasteiger charge is -2.35. The second kappa shape index (κ2) is 7.33. The first-order chi connectivity index (χ1) is 11.3. The molecule has 0 radical (unpaired) electrons. The number of benzene rings is 1. The highest BCUT2D eigenvalue weighted by Crippen LogP contribution is 2.22. The lowest BCUT2D eigenvalue weighted by atomic mass is 10.2. The highest BCUT2D eigenvalue weighted by atomic mass is 32.1. The van der Waals surface area contributed by atoms with Gasteiger partial charge < -0.3 is 14.5 Å². The molecule has 2 heterocycles. The molecule has 0 saturated carbocycles. The van der Waals surface area contributed by atoms with Crippen molar-refractivity contribution in [1.29, 1.82) is 0 Å². The minimum Gasteiger partial charge on any atom is -0.497 e. The molecule has 1 aromatic heterocycles. The van der Waals surface area contributed by atoms with E-state index in [9.17, 15) is 4.79 Å². The SMILES string of the molecule is COc1cccc(N2CCN(C(=O)/C=C/c3cccs3)CC2)c1. The van der Waals surface area contributed by atoms with E-state index < -0.39 is 0 Å². The van der Waals surface area contributed by atoms with E-state index in [0.29, 0.717) is 0 Å². The maximum absolute atomic E-state index is 12.2. The molecule has 0 aliphatic carbocycles. The lowest BCUT2D eigenvalue weighted by molar-refractivity contribution is -0.126. The quantitative estimate of drug-likeness (QED) is 0.809. The van der Waals surface area contributed by atoms with Crippen LogP contribution in [0.2, 0.25) is 0 Å². The number of thiophene rings is 1. The number of nitrogens with zero attached hydrogens (tertiary/aromatic N) is 2. The van der Waals surface area contributed by atoms with Crippen LogP contribution in [0, 0.1) is 0 Å². The lowest BCUT2D eigenvalue weighted by Crippen LogP contribution is -2.48. The summed E-state index contributed by atoms with van der Waals surface area (Å²) in [4.78, 5) is 17.5. The summed E-state index contributed by atoms with van der Waals surface area (Å²) in [7, 11) is 1.68. The maximum Gasteiger partial charge on any atom is 0.246 e. The molecular formula is C18H20N2O2S. The molecule has 3 rings (SSSR count). The van der Waals surface area contributed by atoms with E-state index in [1.165, 1.54) is 0 Å². The highest BCUT2D eigenvalue weighted by molar-refractivity contribution is 7.10. The summed E-state index contributed by atoms with van der Waals surface area (Å²) in [6.45, 7) is 3.16. The molecule has 0 spiro atoms. The predicted octanol–water partition coefficient (Wildman–Crippen LogP) is 3.12. The fraction of sp³-hybridized carbons (Fsp3) is 0.278. The fourth-order valence-corrected chi connectivity index (χ4v) is 3.26. The molecule has 1 fully saturated rings. The van der Waals surface area contributed by atoms with Gasteiger partial charge in [-0.05, 0) is 29.7 Å². The van der Waals surface area contributed by atoms with Crippen molar-refractivity contribution >= 4 is 29.0 Å². The van der Waals surface area contributed by atoms with Crippen molar-refractivity contribution in [2.24, 2.45) is 0 Å². The number of carbonyl (C=O) groups excluding carboxylic acids is 1. The Kier molecular flexibility index (Phi) is 4.98. The normalized spacial score (nSPS) is 15.2. The van der Waals surface area contributed by atoms with Crippen LogP contribution < -0.4 is 9.64 Å². The van der Waals surface area contributed by atoms with E-state index in [0.717, 1.165) is 42.5 Å². The van der Waals surface area contributed by atoms with Crippen LogP contribution in [0.1, 0.15) is 4.88 Å². The fourth-order valence-electron chi connectivity index (χ4n) is 2.64. The third-order valence-electron chi connectivity index (χ3n) is 3.94. The van der Waals surface area contributed by atoms with Gasteiger partial charge in [0.05, 0.1) is 7.11 Å². The summed E-state index contributed by atoms with van der Waals surface area (Å²) in [5, 5.41) is 2.01. The van der Waals surface area contributed by atoms with Crippen LogP contribution in [-0.2, 0) is 4.79 Å². The number of ether oxygens (including phenoxy) is 1. The van der Waals surface area contributed by atoms with E-state index in [1.807, 2.05) is 46.7 Å². The second-order valence-corrected chi connectivity index (χ2v) is 6.34. The van der Waals surface area contributed by atoms with Crippen LogP contribution in [-0.4, -0.2) is 44.1 Å². The van der Waals surface area contributed by atoms with Crippen LogP contribution in [0.3, 0.4) is 0 Å². The Morgan fingerprint density at radius 1 is 1.17 bits per heavy atom. The third-order valence-corrected chi connectivity index (χ3v) is 4.78. The van der Waals surface area contributed by atoms with Gasteiger partial charge in [0, 0.05) is 48.9 Å². The molecular weight excluding hydrogens is 308 g/mol. The average molecular weight is 328 g/mol. The molecule has 1 aromatic carbocycles. The Balaban J connectivity index is 1.56. The Hall–Kier alpha value is -2.27. The van der Waals surface area contributed by atoms with E-state index in [-0.39, 0.29) is 5.91 Å². The summed E-state index contributed by atoms with van der Waals surface area (Å²) >= 11 is 1.64. The zero-order chi connectivity index (χ0) is 16.1. The molecule has 0 unspecified atom stereocenters. The molecule has 0 bridgehead atoms. The van der Waals surface area contributed by atoms with Crippen molar-refractivity contribution in [2.45, 2.75) is 0 Å². The van der Waals surface area contributed by atoms with E-state index in [1.54, 1.807) is 24.5 Å². The molecule has 1 amide bonds. The molecule has 1 saturated heterocycles. The van der Waals surface area contributed by atoms with Crippen molar-refractivity contribution in [3.05, 3.63) is 52.7 Å². The van der Waals surface area contributed by atoms with Gasteiger partial charge in [-0.3, -0.25) is 4.79 Å². The molecule has 2 aromatic rings. The van der Waals surface area contributed by atoms with Crippen molar-refractivity contribution in [2.75, 3.05) is 38.2 Å². The van der Waals surface area contributed by atoms with Gasteiger partial charge in [-0.1, -0.05) is 12.1 Å². The second-order valence-electron chi connectivity index (χ2n) is 5.36. The van der Waals surface area contributed by atoms with Crippen molar-refractivity contribution in [3.63, 3.8) is 0 Å². The number of hydrogen-bond acceptors (Lipinski definition) is 4. The minimum atomic E-state index is 0.0868. The van der Waals surface area contributed by atoms with Gasteiger partial charge in [-0.15, -0.1) is 11.3 Å². The Bertz CT molecular complexity index is 674. The summed E-state index contributed by atoms with van der Waals surface area (Å²) in [6, 6.07) is 12.1. The van der Waals surface area contributed by atoms with Crippen LogP contribution in [0.5, 0.6) is 5.75 Å². The van der Waals surface area contributed by atoms with Gasteiger partial charge in [-0.2, -0.15) is 0 Å². The van der Waals surface area contributed by atoms with Gasteiger partial charge in [0.1, 0.15) is 5.75 Å². The number of methoxy groups -OCH3 is 1. The first-order valence-electron chi connectivity index (χ1n) is 7.66. The standard InChI is InChI=1S/C18H20N2O2S/c1-22-16-5-2-4-15(14-16)19-9-11-20(12-10-19)18(21)8-7-17-6-3-13-23-17/h2-8,13-14H,9-12H2,1H3/b8-7+. The Morgan fingerprint density at radius 2 is 2.00 bits per heavy atom. The molecule has 0 atom stereocenters. The summed E-state index contributed by atoms with van der Waals surface area (Å²) < 4.78 is 5.27. The Labute approximate surface area is 140 Å². The molecule has 4 nitrogen and oxygen atoms in total. The van der Waals surface area contributed by atoms with Gasteiger partial charge in [-0.25, -0.2) is 0 Å². The number of piperazine rings is 1. The van der Waals surface area contributed by atoms with Gasteiger partial charge >= 0.3 is 0 Å². The largest absolute Gasteiger partial charge is 0.497 e. The van der Waals surface area contributed by atoms with Crippen molar-refractivity contribution < 1.29 is 9.53 Å². The van der Waals surface area contributed by atoms with Gasteiger partial charge in [0.2, 0.25) is 5.91 Å². The summed E-state index contributed by atoms with van der Waals surface area (Å²) in [6.07, 6.45) is 3.56. The minimum absolute atomic E-state index is 0.0868. The number of rotatable bonds is 4. The topological polar surface area (TPSA) is 32.8 Å². The van der Waals surface area contributed by atoms with Crippen LogP contribution >= 0.6 is 11.3 Å². The van der Waals surface area contributed by atoms with E-state index in [2.05, 4.69) is 11.0 Å². The first kappa shape index (κ1) is 15.6. The maximum atomic E-state index is 12.2. The number of anilines is 1. The molecule has 120 valence electrons. The smallest absolute Gasteiger partial charge is 0.246 e. The van der Waals surface area contributed by atoms with Crippen LogP contribution in [0.4, 0.5) is 5.69 Å². The number of hydrogen-bond donors (Lipinski definition) is 0. The van der Waals surface area contributed by atoms with Gasteiger partial charge in [0.25, 0.3) is 0 Å². The number of amides is 1. The Morgan fingerprint density at radius 3 is 2.70 bits per heavy atom. The molecule has 23 heavy (non-hydrogen) atoms. The van der Waals surface area contributed by atoms with Crippen molar-refractivity contribution in [1.82, 2.24) is 4.90 Å². The monoisotopic (exact) mass is 328 g/mol. The molecule has 0 N–H and O–H groups in total. The van der Waals surface area contributed by atoms with Crippen LogP contribution in [0.25, 0.3) is 6.08 Å². The molecule has 5 heteroatoms. The zero-order valence-electron chi connectivity index (χ0n) is 13.1. The predicted molar refractivity (Wildman–Crippen MR) is 95.1 cm³/mol. The summed E-state index contributed by atoms with van der Waals surface area (Å²) in [5.74, 6) is 0.948. The average Bonchev–Trinajstić information content (AvgIpc) is 3.13. The summed E-state index contributed by atoms with van der Waals surface area (Å²) in [5.41, 5.74) is 1.14. The molecule has 1 aliphatic rings. The molecule has 1 aliphatic heterocycles. The first-order valence-corrected chi connectivity index (χ1v) is 8.54. The number of carbonyl (C=O) groups is 1. The third kappa shape index (κ3) is 3.93. The highest BCUT2D eigenvalue weighted by Gasteiger charge is 2.20.